The molecule has 1 fully saturated rings. The van der Waals surface area contributed by atoms with Gasteiger partial charge < -0.3 is 10.8 Å². The van der Waals surface area contributed by atoms with Gasteiger partial charge in [-0.2, -0.15) is 0 Å². The van der Waals surface area contributed by atoms with Gasteiger partial charge in [-0.05, 0) is 43.2 Å². The maximum Gasteiger partial charge on any atom is 0.0540 e. The molecule has 3 N–H and O–H groups in total. The topological polar surface area (TPSA) is 49.5 Å². The van der Waals surface area contributed by atoms with Crippen molar-refractivity contribution in [2.24, 2.45) is 11.7 Å². The summed E-state index contributed by atoms with van der Waals surface area (Å²) in [6, 6.07) is 8.79. The molecular formula is C17H28N2O. The number of aryl methyl sites for hydroxylation is 1. The maximum atomic E-state index is 9.86. The normalized spacial score (nSPS) is 25.6. The van der Waals surface area contributed by atoms with E-state index in [2.05, 4.69) is 36.1 Å². The largest absolute Gasteiger partial charge is 0.393 e. The third-order valence-electron chi connectivity index (χ3n) is 4.38. The van der Waals surface area contributed by atoms with Crippen LogP contribution in [0.2, 0.25) is 0 Å². The molecule has 0 aliphatic carbocycles. The van der Waals surface area contributed by atoms with Crippen LogP contribution in [-0.2, 0) is 6.54 Å². The summed E-state index contributed by atoms with van der Waals surface area (Å²) in [7, 11) is 0. The predicted octanol–water partition coefficient (Wildman–Crippen LogP) is 2.31. The fourth-order valence-electron chi connectivity index (χ4n) is 3.23. The first-order valence-electron chi connectivity index (χ1n) is 7.79. The summed E-state index contributed by atoms with van der Waals surface area (Å²) < 4.78 is 0. The first-order chi connectivity index (χ1) is 9.58. The summed E-state index contributed by atoms with van der Waals surface area (Å²) in [4.78, 5) is 2.45. The zero-order valence-electron chi connectivity index (χ0n) is 12.8. The molecule has 1 saturated heterocycles. The van der Waals surface area contributed by atoms with Crippen molar-refractivity contribution in [2.45, 2.75) is 51.8 Å². The lowest BCUT2D eigenvalue weighted by atomic mass is 9.89. The maximum absolute atomic E-state index is 9.86. The Bertz CT molecular complexity index is 421. The molecule has 3 atom stereocenters. The summed E-state index contributed by atoms with van der Waals surface area (Å²) >= 11 is 0. The van der Waals surface area contributed by atoms with Crippen LogP contribution >= 0.6 is 0 Å². The first-order valence-corrected chi connectivity index (χ1v) is 7.79. The molecular weight excluding hydrogens is 248 g/mol. The van der Waals surface area contributed by atoms with E-state index in [4.69, 9.17) is 5.73 Å². The Labute approximate surface area is 122 Å². The van der Waals surface area contributed by atoms with Crippen molar-refractivity contribution in [2.75, 3.05) is 13.1 Å². The molecule has 1 aromatic carbocycles. The second-order valence-corrected chi connectivity index (χ2v) is 6.28. The van der Waals surface area contributed by atoms with E-state index in [0.29, 0.717) is 5.92 Å². The summed E-state index contributed by atoms with van der Waals surface area (Å²) in [5, 5.41) is 9.86. The van der Waals surface area contributed by atoms with Crippen molar-refractivity contribution < 1.29 is 5.11 Å². The van der Waals surface area contributed by atoms with E-state index in [1.165, 1.54) is 11.1 Å². The number of piperidine rings is 1. The number of benzene rings is 1. The fraction of sp³-hybridized carbons (Fsp3) is 0.647. The van der Waals surface area contributed by atoms with Crippen molar-refractivity contribution in [3.63, 3.8) is 0 Å². The number of hydrogen-bond donors (Lipinski definition) is 2. The minimum atomic E-state index is -0.175. The van der Waals surface area contributed by atoms with Crippen LogP contribution in [0.25, 0.3) is 0 Å². The number of aliphatic hydroxyl groups is 1. The van der Waals surface area contributed by atoms with Crippen LogP contribution in [0.5, 0.6) is 0 Å². The number of hydrogen-bond acceptors (Lipinski definition) is 3. The molecule has 112 valence electrons. The minimum absolute atomic E-state index is 0.175. The van der Waals surface area contributed by atoms with E-state index in [-0.39, 0.29) is 12.1 Å². The molecule has 0 radical (unpaired) electrons. The standard InChI is InChI=1S/C17H28N2O/c1-3-17(20)9-14-8-16(18)12-19(10-14)11-15-7-5-4-6-13(15)2/h4-7,14,16-17,20H,3,8-12,18H2,1-2H3. The van der Waals surface area contributed by atoms with Gasteiger partial charge in [0, 0.05) is 25.7 Å². The average molecular weight is 276 g/mol. The van der Waals surface area contributed by atoms with Crippen molar-refractivity contribution in [1.29, 1.82) is 0 Å². The Kier molecular flexibility index (Phi) is 5.58. The van der Waals surface area contributed by atoms with Crippen LogP contribution in [-0.4, -0.2) is 35.2 Å². The first kappa shape index (κ1) is 15.5. The number of nitrogens with two attached hydrogens (primary N) is 1. The number of nitrogens with zero attached hydrogens (tertiary/aromatic N) is 1. The van der Waals surface area contributed by atoms with Gasteiger partial charge in [0.15, 0.2) is 0 Å². The summed E-state index contributed by atoms with van der Waals surface area (Å²) in [6.45, 7) is 7.20. The van der Waals surface area contributed by atoms with Crippen LogP contribution in [0.4, 0.5) is 0 Å². The second kappa shape index (κ2) is 7.21. The number of likely N-dealkylation sites (tertiary alicyclic amines) is 1. The van der Waals surface area contributed by atoms with Crippen LogP contribution in [0, 0.1) is 12.8 Å². The van der Waals surface area contributed by atoms with E-state index in [0.717, 1.165) is 38.9 Å². The molecule has 3 heteroatoms. The van der Waals surface area contributed by atoms with Crippen LogP contribution in [0.3, 0.4) is 0 Å². The van der Waals surface area contributed by atoms with E-state index < -0.39 is 0 Å². The lowest BCUT2D eigenvalue weighted by molar-refractivity contribution is 0.0876. The molecule has 1 aliphatic rings. The quantitative estimate of drug-likeness (QED) is 0.867. The molecule has 0 aromatic heterocycles. The predicted molar refractivity (Wildman–Crippen MR) is 83.5 cm³/mol. The smallest absolute Gasteiger partial charge is 0.0540 e. The van der Waals surface area contributed by atoms with Crippen molar-refractivity contribution in [3.05, 3.63) is 35.4 Å². The average Bonchev–Trinajstić information content (AvgIpc) is 2.40. The van der Waals surface area contributed by atoms with E-state index in [1.54, 1.807) is 0 Å². The summed E-state index contributed by atoms with van der Waals surface area (Å²) in [6.07, 6.45) is 2.59. The number of aliphatic hydroxyl groups excluding tert-OH is 1. The van der Waals surface area contributed by atoms with Crippen LogP contribution in [0.1, 0.15) is 37.3 Å². The molecule has 0 saturated carbocycles. The molecule has 3 nitrogen and oxygen atoms in total. The van der Waals surface area contributed by atoms with E-state index in [9.17, 15) is 5.11 Å². The van der Waals surface area contributed by atoms with Crippen molar-refractivity contribution in [1.82, 2.24) is 4.90 Å². The Morgan fingerprint density at radius 1 is 1.35 bits per heavy atom. The van der Waals surface area contributed by atoms with Gasteiger partial charge in [-0.25, -0.2) is 0 Å². The highest BCUT2D eigenvalue weighted by atomic mass is 16.3. The zero-order chi connectivity index (χ0) is 14.5. The SMILES string of the molecule is CCC(O)CC1CC(N)CN(Cc2ccccc2C)C1. The molecule has 1 aliphatic heterocycles. The van der Waals surface area contributed by atoms with E-state index in [1.807, 2.05) is 6.92 Å². The van der Waals surface area contributed by atoms with E-state index >= 15 is 0 Å². The zero-order valence-corrected chi connectivity index (χ0v) is 12.8. The molecule has 0 bridgehead atoms. The highest BCUT2D eigenvalue weighted by Gasteiger charge is 2.26. The Morgan fingerprint density at radius 2 is 2.10 bits per heavy atom. The number of rotatable bonds is 5. The fourth-order valence-corrected chi connectivity index (χ4v) is 3.23. The van der Waals surface area contributed by atoms with Gasteiger partial charge in [-0.15, -0.1) is 0 Å². The molecule has 2 rings (SSSR count). The molecule has 20 heavy (non-hydrogen) atoms. The van der Waals surface area contributed by atoms with Gasteiger partial charge >= 0.3 is 0 Å². The van der Waals surface area contributed by atoms with Crippen LogP contribution < -0.4 is 5.73 Å². The Hall–Kier alpha value is -0.900. The minimum Gasteiger partial charge on any atom is -0.393 e. The third kappa shape index (κ3) is 4.30. The molecule has 1 heterocycles. The van der Waals surface area contributed by atoms with Gasteiger partial charge in [0.25, 0.3) is 0 Å². The van der Waals surface area contributed by atoms with Crippen LogP contribution in [0.15, 0.2) is 24.3 Å². The molecule has 3 unspecified atom stereocenters. The third-order valence-corrected chi connectivity index (χ3v) is 4.38. The van der Waals surface area contributed by atoms with Crippen molar-refractivity contribution in [3.8, 4) is 0 Å². The second-order valence-electron chi connectivity index (χ2n) is 6.28. The Morgan fingerprint density at radius 3 is 2.80 bits per heavy atom. The Balaban J connectivity index is 1.96. The highest BCUT2D eigenvalue weighted by molar-refractivity contribution is 5.25. The molecule has 1 aromatic rings. The van der Waals surface area contributed by atoms with Gasteiger partial charge in [0.1, 0.15) is 0 Å². The van der Waals surface area contributed by atoms with Gasteiger partial charge in [-0.3, -0.25) is 4.90 Å². The summed E-state index contributed by atoms with van der Waals surface area (Å²) in [5.41, 5.74) is 8.93. The summed E-state index contributed by atoms with van der Waals surface area (Å²) in [5.74, 6) is 0.526. The lowest BCUT2D eigenvalue weighted by Gasteiger charge is -2.37. The van der Waals surface area contributed by atoms with Crippen molar-refractivity contribution >= 4 is 0 Å². The molecule has 0 amide bonds. The van der Waals surface area contributed by atoms with Gasteiger partial charge in [0.05, 0.1) is 6.10 Å². The van der Waals surface area contributed by atoms with Gasteiger partial charge in [0.2, 0.25) is 0 Å². The molecule has 0 spiro atoms. The highest BCUT2D eigenvalue weighted by Crippen LogP contribution is 2.23. The lowest BCUT2D eigenvalue weighted by Crippen LogP contribution is -2.47. The van der Waals surface area contributed by atoms with Gasteiger partial charge in [-0.1, -0.05) is 31.2 Å². The monoisotopic (exact) mass is 276 g/mol.